The molecule has 0 radical (unpaired) electrons. The number of hydrogen-bond donors (Lipinski definition) is 4. The molecule has 10 heteroatoms. The minimum atomic E-state index is -1.10. The summed E-state index contributed by atoms with van der Waals surface area (Å²) in [5.74, 6) is -0.151. The molecule has 1 heterocycles. The Morgan fingerprint density at radius 2 is 1.41 bits per heavy atom. The van der Waals surface area contributed by atoms with Crippen molar-refractivity contribution >= 4 is 5.91 Å². The normalized spacial score (nSPS) is 20.2. The van der Waals surface area contributed by atoms with Gasteiger partial charge in [0.05, 0.1) is 33.4 Å². The third-order valence-electron chi connectivity index (χ3n) is 8.88. The molecule has 0 fully saturated rings. The van der Waals surface area contributed by atoms with Crippen LogP contribution in [-0.2, 0) is 4.79 Å². The molecule has 0 aromatic heterocycles. The second kappa shape index (κ2) is 16.7. The van der Waals surface area contributed by atoms with Gasteiger partial charge in [-0.3, -0.25) is 10.2 Å². The van der Waals surface area contributed by atoms with Crippen molar-refractivity contribution in [3.8, 4) is 28.7 Å². The molecule has 4 rings (SSSR count). The summed E-state index contributed by atoms with van der Waals surface area (Å²) in [6.45, 7) is 2.54. The molecule has 0 saturated carbocycles. The molecule has 44 heavy (non-hydrogen) atoms. The van der Waals surface area contributed by atoms with E-state index in [2.05, 4.69) is 17.8 Å². The van der Waals surface area contributed by atoms with Gasteiger partial charge < -0.3 is 33.9 Å². The van der Waals surface area contributed by atoms with E-state index in [4.69, 9.17) is 23.7 Å². The standard InChI is InChI=1S/C34H50N2O8/c1-5-6-7-8-9-10-11-12-13-14-15-35-36-34(39)31-25(20-37)32(38)24-19-27-26(43-21-44-27)18-23(24)30(31)22-16-28(40-2)33(42-4)29(17-22)41-3/h16-19,25,30-32,35,37-38H,5-15,20-21H2,1-4H3,(H,36,39)/t25-,30-,31+,32+/m0/s1. The maximum absolute atomic E-state index is 13.9. The summed E-state index contributed by atoms with van der Waals surface area (Å²) in [7, 11) is 4.61. The van der Waals surface area contributed by atoms with Crippen LogP contribution in [0.2, 0.25) is 0 Å². The first-order chi connectivity index (χ1) is 21.5. The summed E-state index contributed by atoms with van der Waals surface area (Å²) in [5.41, 5.74) is 7.96. The predicted octanol–water partition coefficient (Wildman–Crippen LogP) is 5.39. The molecular formula is C34H50N2O8. The van der Waals surface area contributed by atoms with Gasteiger partial charge in [-0.1, -0.05) is 64.7 Å². The van der Waals surface area contributed by atoms with Gasteiger partial charge in [0.1, 0.15) is 0 Å². The van der Waals surface area contributed by atoms with E-state index in [-0.39, 0.29) is 12.7 Å². The average molecular weight is 615 g/mol. The Morgan fingerprint density at radius 1 is 0.841 bits per heavy atom. The van der Waals surface area contributed by atoms with Gasteiger partial charge in [-0.25, -0.2) is 5.43 Å². The molecule has 0 bridgehead atoms. The number of carbonyl (C=O) groups is 1. The molecule has 2 aromatic rings. The van der Waals surface area contributed by atoms with Crippen LogP contribution in [0.3, 0.4) is 0 Å². The number of nitrogens with one attached hydrogen (secondary N) is 2. The number of fused-ring (bicyclic) bond motifs is 2. The third kappa shape index (κ3) is 7.71. The molecule has 1 amide bonds. The number of ether oxygens (including phenoxy) is 5. The van der Waals surface area contributed by atoms with Crippen LogP contribution in [0.25, 0.3) is 0 Å². The summed E-state index contributed by atoms with van der Waals surface area (Å²) in [6, 6.07) is 7.18. The molecule has 244 valence electrons. The maximum Gasteiger partial charge on any atom is 0.238 e. The molecule has 0 saturated heterocycles. The van der Waals surface area contributed by atoms with Crippen LogP contribution in [0.1, 0.15) is 99.8 Å². The van der Waals surface area contributed by atoms with E-state index in [1.807, 2.05) is 18.2 Å². The zero-order chi connectivity index (χ0) is 31.5. The number of aliphatic hydroxyl groups excluding tert-OH is 2. The van der Waals surface area contributed by atoms with Gasteiger partial charge in [-0.05, 0) is 47.4 Å². The van der Waals surface area contributed by atoms with Crippen LogP contribution in [0.15, 0.2) is 24.3 Å². The lowest BCUT2D eigenvalue weighted by atomic mass is 9.65. The van der Waals surface area contributed by atoms with E-state index in [9.17, 15) is 15.0 Å². The quantitative estimate of drug-likeness (QED) is 0.129. The van der Waals surface area contributed by atoms with Crippen molar-refractivity contribution in [1.82, 2.24) is 10.9 Å². The molecule has 4 atom stereocenters. The molecule has 2 aromatic carbocycles. The highest BCUT2D eigenvalue weighted by Gasteiger charge is 2.47. The number of hydrazine groups is 1. The number of rotatable bonds is 18. The first kappa shape index (κ1) is 33.7. The number of amides is 1. The SMILES string of the molecule is CCCCCCCCCCCCNNC(=O)[C@H]1[C@@H](c2cc(OC)c(OC)c(OC)c2)c2cc3c(cc2[C@@H](O)[C@H]1CO)OCO3. The summed E-state index contributed by atoms with van der Waals surface area (Å²) in [4.78, 5) is 13.9. The number of carbonyl (C=O) groups excluding carboxylic acids is 1. The van der Waals surface area contributed by atoms with Crippen LogP contribution < -0.4 is 34.5 Å². The highest BCUT2D eigenvalue weighted by molar-refractivity contribution is 5.81. The predicted molar refractivity (Wildman–Crippen MR) is 168 cm³/mol. The first-order valence-electron chi connectivity index (χ1n) is 16.0. The molecule has 0 spiro atoms. The fraction of sp³-hybridized carbons (Fsp3) is 0.618. The summed E-state index contributed by atoms with van der Waals surface area (Å²) in [6.07, 6.45) is 11.2. The number of benzene rings is 2. The summed E-state index contributed by atoms with van der Waals surface area (Å²) in [5, 5.41) is 22.0. The van der Waals surface area contributed by atoms with Gasteiger partial charge in [0.25, 0.3) is 0 Å². The Balaban J connectivity index is 1.52. The zero-order valence-corrected chi connectivity index (χ0v) is 26.7. The molecule has 0 unspecified atom stereocenters. The van der Waals surface area contributed by atoms with Gasteiger partial charge >= 0.3 is 0 Å². The Labute approximate surface area is 261 Å². The summed E-state index contributed by atoms with van der Waals surface area (Å²) < 4.78 is 28.1. The molecular weight excluding hydrogens is 564 g/mol. The molecule has 10 nitrogen and oxygen atoms in total. The van der Waals surface area contributed by atoms with Crippen LogP contribution >= 0.6 is 0 Å². The molecule has 2 aliphatic rings. The van der Waals surface area contributed by atoms with Crippen molar-refractivity contribution in [2.75, 3.05) is 41.3 Å². The van der Waals surface area contributed by atoms with Gasteiger partial charge in [0, 0.05) is 25.0 Å². The number of aliphatic hydroxyl groups is 2. The van der Waals surface area contributed by atoms with Gasteiger partial charge in [0.15, 0.2) is 23.0 Å². The smallest absolute Gasteiger partial charge is 0.238 e. The van der Waals surface area contributed by atoms with E-state index < -0.39 is 30.5 Å². The Bertz CT molecular complexity index is 1200. The lowest BCUT2D eigenvalue weighted by molar-refractivity contribution is -0.132. The van der Waals surface area contributed by atoms with Gasteiger partial charge in [0.2, 0.25) is 18.4 Å². The van der Waals surface area contributed by atoms with E-state index in [1.54, 1.807) is 6.07 Å². The third-order valence-corrected chi connectivity index (χ3v) is 8.88. The van der Waals surface area contributed by atoms with Crippen LogP contribution in [-0.4, -0.2) is 57.4 Å². The van der Waals surface area contributed by atoms with E-state index >= 15 is 0 Å². The number of hydrogen-bond acceptors (Lipinski definition) is 9. The lowest BCUT2D eigenvalue weighted by Gasteiger charge is -2.41. The van der Waals surface area contributed by atoms with Crippen molar-refractivity contribution in [2.24, 2.45) is 11.8 Å². The fourth-order valence-corrected chi connectivity index (χ4v) is 6.53. The lowest BCUT2D eigenvalue weighted by Crippen LogP contribution is -2.49. The van der Waals surface area contributed by atoms with E-state index in [0.29, 0.717) is 52.0 Å². The second-order valence-corrected chi connectivity index (χ2v) is 11.7. The Morgan fingerprint density at radius 3 is 1.95 bits per heavy atom. The topological polar surface area (TPSA) is 128 Å². The van der Waals surface area contributed by atoms with Crippen molar-refractivity contribution in [3.63, 3.8) is 0 Å². The van der Waals surface area contributed by atoms with Crippen LogP contribution in [0, 0.1) is 11.8 Å². The highest BCUT2D eigenvalue weighted by atomic mass is 16.7. The van der Waals surface area contributed by atoms with Crippen molar-refractivity contribution in [1.29, 1.82) is 0 Å². The monoisotopic (exact) mass is 614 g/mol. The van der Waals surface area contributed by atoms with E-state index in [0.717, 1.165) is 12.8 Å². The van der Waals surface area contributed by atoms with Crippen LogP contribution in [0.5, 0.6) is 28.7 Å². The van der Waals surface area contributed by atoms with Crippen molar-refractivity contribution in [3.05, 3.63) is 41.0 Å². The van der Waals surface area contributed by atoms with Gasteiger partial charge in [-0.2, -0.15) is 0 Å². The second-order valence-electron chi connectivity index (χ2n) is 11.7. The first-order valence-corrected chi connectivity index (χ1v) is 16.0. The van der Waals surface area contributed by atoms with Gasteiger partial charge in [-0.15, -0.1) is 0 Å². The average Bonchev–Trinajstić information content (AvgIpc) is 3.51. The number of methoxy groups -OCH3 is 3. The Hall–Kier alpha value is -3.21. The number of unbranched alkanes of at least 4 members (excludes halogenated alkanes) is 9. The fourth-order valence-electron chi connectivity index (χ4n) is 6.53. The maximum atomic E-state index is 13.9. The van der Waals surface area contributed by atoms with E-state index in [1.165, 1.54) is 72.7 Å². The van der Waals surface area contributed by atoms with Crippen molar-refractivity contribution in [2.45, 2.75) is 83.2 Å². The summed E-state index contributed by atoms with van der Waals surface area (Å²) >= 11 is 0. The molecule has 4 N–H and O–H groups in total. The largest absolute Gasteiger partial charge is 0.493 e. The molecule has 1 aliphatic heterocycles. The Kier molecular flexibility index (Phi) is 12.8. The zero-order valence-electron chi connectivity index (χ0n) is 26.7. The minimum Gasteiger partial charge on any atom is -0.493 e. The van der Waals surface area contributed by atoms with Crippen molar-refractivity contribution < 1.29 is 38.7 Å². The van der Waals surface area contributed by atoms with Crippen LogP contribution in [0.4, 0.5) is 0 Å². The highest BCUT2D eigenvalue weighted by Crippen LogP contribution is 2.53. The molecule has 1 aliphatic carbocycles. The minimum absolute atomic E-state index is 0.0688.